The molecule has 0 spiro atoms. The number of alkyl halides is 3. The molecule has 0 saturated heterocycles. The molecule has 0 unspecified atom stereocenters. The molecule has 1 N–H and O–H groups in total. The van der Waals surface area contributed by atoms with Crippen molar-refractivity contribution in [3.8, 4) is 0 Å². The van der Waals surface area contributed by atoms with Gasteiger partial charge in [-0.1, -0.05) is 19.1 Å². The molecule has 0 atom stereocenters. The Hall–Kier alpha value is -1.52. The zero-order valence-electron chi connectivity index (χ0n) is 8.98. The van der Waals surface area contributed by atoms with Crippen LogP contribution in [0.4, 0.5) is 18.9 Å². The zero-order valence-corrected chi connectivity index (χ0v) is 8.98. The van der Waals surface area contributed by atoms with Crippen LogP contribution in [0.25, 0.3) is 0 Å². The normalized spacial score (nSPS) is 11.3. The van der Waals surface area contributed by atoms with Gasteiger partial charge in [-0.2, -0.15) is 13.2 Å². The molecule has 1 aromatic carbocycles. The van der Waals surface area contributed by atoms with Gasteiger partial charge in [0.1, 0.15) is 0 Å². The summed E-state index contributed by atoms with van der Waals surface area (Å²) in [6, 6.07) is 5.06. The molecule has 16 heavy (non-hydrogen) atoms. The lowest BCUT2D eigenvalue weighted by Crippen LogP contribution is -2.30. The highest BCUT2D eigenvalue weighted by molar-refractivity contribution is 5.95. The molecule has 1 rings (SSSR count). The van der Waals surface area contributed by atoms with Crippen molar-refractivity contribution in [2.45, 2.75) is 26.4 Å². The smallest absolute Gasteiger partial charge is 0.318 e. The van der Waals surface area contributed by atoms with Gasteiger partial charge in [-0.25, -0.2) is 0 Å². The number of halogens is 3. The van der Waals surface area contributed by atoms with E-state index in [1.807, 2.05) is 18.3 Å². The molecule has 2 nitrogen and oxygen atoms in total. The quantitative estimate of drug-likeness (QED) is 0.832. The van der Waals surface area contributed by atoms with E-state index in [-0.39, 0.29) is 5.69 Å². The van der Waals surface area contributed by atoms with Gasteiger partial charge in [-0.15, -0.1) is 0 Å². The molecule has 0 radical (unpaired) electrons. The Labute approximate surface area is 91.5 Å². The number of rotatable bonds is 2. The average molecular weight is 231 g/mol. The minimum atomic E-state index is -4.85. The highest BCUT2D eigenvalue weighted by atomic mass is 19.4. The predicted molar refractivity (Wildman–Crippen MR) is 55.2 cm³/mol. The first kappa shape index (κ1) is 12.5. The Balaban J connectivity index is 2.92. The predicted octanol–water partition coefficient (Wildman–Crippen LogP) is 3.06. The molecule has 1 aromatic rings. The molecule has 0 aliphatic carbocycles. The second-order valence-electron chi connectivity index (χ2n) is 3.45. The van der Waals surface area contributed by atoms with E-state index in [1.165, 1.54) is 0 Å². The molecule has 0 aliphatic rings. The van der Waals surface area contributed by atoms with Crippen LogP contribution in [0.5, 0.6) is 0 Å². The lowest BCUT2D eigenvalue weighted by atomic mass is 10.1. The first-order valence-electron chi connectivity index (χ1n) is 4.82. The number of amides is 1. The monoisotopic (exact) mass is 231 g/mol. The van der Waals surface area contributed by atoms with Gasteiger partial charge in [0.2, 0.25) is 0 Å². The summed E-state index contributed by atoms with van der Waals surface area (Å²) in [7, 11) is 0. The van der Waals surface area contributed by atoms with E-state index in [1.54, 1.807) is 19.1 Å². The number of benzene rings is 1. The summed E-state index contributed by atoms with van der Waals surface area (Å²) in [5, 5.41) is 1.86. The minimum Gasteiger partial charge on any atom is -0.318 e. The maximum absolute atomic E-state index is 12.0. The second kappa shape index (κ2) is 4.55. The van der Waals surface area contributed by atoms with Crippen molar-refractivity contribution >= 4 is 11.6 Å². The van der Waals surface area contributed by atoms with Gasteiger partial charge in [0.25, 0.3) is 0 Å². The van der Waals surface area contributed by atoms with E-state index in [2.05, 4.69) is 0 Å². The number of carbonyl (C=O) groups excluding carboxylic acids is 1. The van der Waals surface area contributed by atoms with Crippen molar-refractivity contribution in [2.75, 3.05) is 5.32 Å². The summed E-state index contributed by atoms with van der Waals surface area (Å²) in [6.45, 7) is 3.53. The number of carbonyl (C=O) groups is 1. The zero-order chi connectivity index (χ0) is 12.3. The van der Waals surface area contributed by atoms with Crippen LogP contribution in [-0.4, -0.2) is 12.1 Å². The Morgan fingerprint density at radius 3 is 2.50 bits per heavy atom. The van der Waals surface area contributed by atoms with Crippen LogP contribution in [0, 0.1) is 6.92 Å². The molecule has 0 heterocycles. The molecule has 88 valence electrons. The summed E-state index contributed by atoms with van der Waals surface area (Å²) in [5.41, 5.74) is 1.69. The summed E-state index contributed by atoms with van der Waals surface area (Å²) in [4.78, 5) is 10.7. The van der Waals surface area contributed by atoms with Gasteiger partial charge >= 0.3 is 12.1 Å². The molecular formula is C11H12F3NO. The average Bonchev–Trinajstić information content (AvgIpc) is 2.19. The van der Waals surface area contributed by atoms with E-state index >= 15 is 0 Å². The lowest BCUT2D eigenvalue weighted by molar-refractivity contribution is -0.167. The molecule has 0 bridgehead atoms. The number of anilines is 1. The lowest BCUT2D eigenvalue weighted by Gasteiger charge is -2.11. The highest BCUT2D eigenvalue weighted by Gasteiger charge is 2.38. The maximum Gasteiger partial charge on any atom is 0.471 e. The third-order valence-corrected chi connectivity index (χ3v) is 2.22. The number of hydrogen-bond donors (Lipinski definition) is 1. The number of aryl methyl sites for hydroxylation is 2. The van der Waals surface area contributed by atoms with Crippen LogP contribution in [0.2, 0.25) is 0 Å². The van der Waals surface area contributed by atoms with E-state index in [0.717, 1.165) is 5.56 Å². The van der Waals surface area contributed by atoms with Crippen molar-refractivity contribution in [3.05, 3.63) is 29.3 Å². The van der Waals surface area contributed by atoms with Gasteiger partial charge in [0.15, 0.2) is 0 Å². The van der Waals surface area contributed by atoms with E-state index in [0.29, 0.717) is 12.0 Å². The Morgan fingerprint density at radius 1 is 1.38 bits per heavy atom. The van der Waals surface area contributed by atoms with Crippen molar-refractivity contribution in [1.82, 2.24) is 0 Å². The van der Waals surface area contributed by atoms with Crippen LogP contribution < -0.4 is 5.32 Å². The topological polar surface area (TPSA) is 29.1 Å². The van der Waals surface area contributed by atoms with Gasteiger partial charge in [0.05, 0.1) is 0 Å². The molecule has 0 aromatic heterocycles. The number of nitrogens with one attached hydrogen (secondary N) is 1. The fourth-order valence-electron chi connectivity index (χ4n) is 1.22. The Kier molecular flexibility index (Phi) is 3.57. The molecule has 0 fully saturated rings. The van der Waals surface area contributed by atoms with Gasteiger partial charge in [-0.3, -0.25) is 4.79 Å². The van der Waals surface area contributed by atoms with Crippen LogP contribution >= 0.6 is 0 Å². The summed E-state index contributed by atoms with van der Waals surface area (Å²) < 4.78 is 36.1. The highest BCUT2D eigenvalue weighted by Crippen LogP contribution is 2.21. The first-order chi connectivity index (χ1) is 7.34. The van der Waals surface area contributed by atoms with Gasteiger partial charge in [-0.05, 0) is 30.5 Å². The largest absolute Gasteiger partial charge is 0.471 e. The SMILES string of the molecule is CCc1ccc(C)c(NC(=O)C(F)(F)F)c1. The third-order valence-electron chi connectivity index (χ3n) is 2.22. The van der Waals surface area contributed by atoms with Crippen molar-refractivity contribution < 1.29 is 18.0 Å². The van der Waals surface area contributed by atoms with E-state index in [9.17, 15) is 18.0 Å². The van der Waals surface area contributed by atoms with Crippen LogP contribution in [0.15, 0.2) is 18.2 Å². The van der Waals surface area contributed by atoms with E-state index in [4.69, 9.17) is 0 Å². The minimum absolute atomic E-state index is 0.210. The Morgan fingerprint density at radius 2 is 2.00 bits per heavy atom. The maximum atomic E-state index is 12.0. The van der Waals surface area contributed by atoms with Crippen molar-refractivity contribution in [3.63, 3.8) is 0 Å². The fraction of sp³-hybridized carbons (Fsp3) is 0.364. The Bertz CT molecular complexity index is 399. The molecule has 0 saturated carbocycles. The van der Waals surface area contributed by atoms with Crippen molar-refractivity contribution in [2.24, 2.45) is 0 Å². The van der Waals surface area contributed by atoms with Crippen LogP contribution in [0.1, 0.15) is 18.1 Å². The first-order valence-corrected chi connectivity index (χ1v) is 4.82. The summed E-state index contributed by atoms with van der Waals surface area (Å²) in [5.74, 6) is -1.94. The summed E-state index contributed by atoms with van der Waals surface area (Å²) >= 11 is 0. The van der Waals surface area contributed by atoms with Crippen LogP contribution in [-0.2, 0) is 11.2 Å². The molecule has 1 amide bonds. The summed E-state index contributed by atoms with van der Waals surface area (Å²) in [6.07, 6.45) is -4.15. The number of hydrogen-bond acceptors (Lipinski definition) is 1. The second-order valence-corrected chi connectivity index (χ2v) is 3.45. The molecule has 0 aliphatic heterocycles. The standard InChI is InChI=1S/C11H12F3NO/c1-3-8-5-4-7(2)9(6-8)15-10(16)11(12,13)14/h4-6H,3H2,1-2H3,(H,15,16). The van der Waals surface area contributed by atoms with E-state index < -0.39 is 12.1 Å². The van der Waals surface area contributed by atoms with Crippen molar-refractivity contribution in [1.29, 1.82) is 0 Å². The van der Waals surface area contributed by atoms with Crippen LogP contribution in [0.3, 0.4) is 0 Å². The van der Waals surface area contributed by atoms with Gasteiger partial charge in [0, 0.05) is 5.69 Å². The molecule has 5 heteroatoms. The van der Waals surface area contributed by atoms with Gasteiger partial charge < -0.3 is 5.32 Å². The third kappa shape index (κ3) is 2.98. The fourth-order valence-corrected chi connectivity index (χ4v) is 1.22. The molecular weight excluding hydrogens is 219 g/mol.